The summed E-state index contributed by atoms with van der Waals surface area (Å²) < 4.78 is 9.67. The van der Waals surface area contributed by atoms with Gasteiger partial charge in [0.2, 0.25) is 0 Å². The molecule has 0 atom stereocenters. The van der Waals surface area contributed by atoms with Crippen molar-refractivity contribution in [3.63, 3.8) is 0 Å². The highest BCUT2D eigenvalue weighted by molar-refractivity contribution is 6.05. The van der Waals surface area contributed by atoms with Gasteiger partial charge >= 0.3 is 5.97 Å². The van der Waals surface area contributed by atoms with Gasteiger partial charge in [0.1, 0.15) is 5.56 Å². The Bertz CT molecular complexity index is 757. The Balaban J connectivity index is 1.92. The van der Waals surface area contributed by atoms with Crippen LogP contribution >= 0.6 is 0 Å². The first kappa shape index (κ1) is 17.0. The minimum absolute atomic E-state index is 0.105. The average Bonchev–Trinajstić information content (AvgIpc) is 2.60. The van der Waals surface area contributed by atoms with Gasteiger partial charge in [0.05, 0.1) is 7.11 Å². The Morgan fingerprint density at radius 1 is 1.04 bits per heavy atom. The van der Waals surface area contributed by atoms with Crippen LogP contribution in [0.2, 0.25) is 0 Å². The predicted octanol–water partition coefficient (Wildman–Crippen LogP) is 1.51. The van der Waals surface area contributed by atoms with Gasteiger partial charge in [-0.2, -0.15) is 0 Å². The summed E-state index contributed by atoms with van der Waals surface area (Å²) in [6, 6.07) is 12.4. The van der Waals surface area contributed by atoms with Gasteiger partial charge in [-0.3, -0.25) is 14.9 Å². The van der Waals surface area contributed by atoms with Crippen LogP contribution in [0.15, 0.2) is 48.5 Å². The summed E-state index contributed by atoms with van der Waals surface area (Å²) in [6.45, 7) is -0.659. The first-order valence-electron chi connectivity index (χ1n) is 6.95. The number of esters is 1. The van der Waals surface area contributed by atoms with Crippen LogP contribution < -0.4 is 10.1 Å². The van der Waals surface area contributed by atoms with E-state index in [9.17, 15) is 19.5 Å². The summed E-state index contributed by atoms with van der Waals surface area (Å²) in [5, 5.41) is 11.9. The summed E-state index contributed by atoms with van der Waals surface area (Å²) in [7, 11) is 1.34. The average molecular weight is 329 g/mol. The Hall–Kier alpha value is -3.35. The fourth-order valence-corrected chi connectivity index (χ4v) is 1.89. The van der Waals surface area contributed by atoms with Crippen LogP contribution in [0.4, 0.5) is 0 Å². The minimum atomic E-state index is -0.909. The lowest BCUT2D eigenvalue weighted by molar-refractivity contribution is -0.123. The van der Waals surface area contributed by atoms with E-state index < -0.39 is 24.4 Å². The van der Waals surface area contributed by atoms with E-state index in [-0.39, 0.29) is 17.1 Å². The Labute approximate surface area is 137 Å². The molecule has 2 N–H and O–H groups in total. The molecule has 0 aliphatic carbocycles. The van der Waals surface area contributed by atoms with Crippen molar-refractivity contribution in [2.45, 2.75) is 0 Å². The van der Waals surface area contributed by atoms with Crippen LogP contribution in [0, 0.1) is 0 Å². The van der Waals surface area contributed by atoms with E-state index in [4.69, 9.17) is 9.47 Å². The van der Waals surface area contributed by atoms with E-state index in [2.05, 4.69) is 5.32 Å². The Morgan fingerprint density at radius 3 is 2.42 bits per heavy atom. The van der Waals surface area contributed by atoms with E-state index in [1.165, 1.54) is 25.3 Å². The number of phenols is 1. The molecular weight excluding hydrogens is 314 g/mol. The molecule has 0 spiro atoms. The van der Waals surface area contributed by atoms with E-state index in [1.54, 1.807) is 30.3 Å². The molecule has 2 rings (SSSR count). The van der Waals surface area contributed by atoms with Crippen LogP contribution in [0.25, 0.3) is 0 Å². The number of ether oxygens (including phenoxy) is 2. The second-order valence-corrected chi connectivity index (χ2v) is 4.68. The van der Waals surface area contributed by atoms with Crippen LogP contribution in [0.3, 0.4) is 0 Å². The largest absolute Gasteiger partial charge is 0.504 e. The Morgan fingerprint density at radius 2 is 1.75 bits per heavy atom. The van der Waals surface area contributed by atoms with Crippen LogP contribution in [0.5, 0.6) is 11.5 Å². The fraction of sp³-hybridized carbons (Fsp3) is 0.118. The van der Waals surface area contributed by atoms with Crippen LogP contribution in [-0.2, 0) is 9.53 Å². The second kappa shape index (κ2) is 7.77. The molecule has 0 saturated heterocycles. The van der Waals surface area contributed by atoms with Gasteiger partial charge in [-0.15, -0.1) is 0 Å². The maximum Gasteiger partial charge on any atom is 0.342 e. The lowest BCUT2D eigenvalue weighted by Gasteiger charge is -2.09. The molecule has 2 aromatic rings. The van der Waals surface area contributed by atoms with Gasteiger partial charge in [-0.1, -0.05) is 24.3 Å². The Kier molecular flexibility index (Phi) is 5.51. The van der Waals surface area contributed by atoms with Crippen molar-refractivity contribution in [3.05, 3.63) is 59.7 Å². The predicted molar refractivity (Wildman–Crippen MR) is 83.9 cm³/mol. The van der Waals surface area contributed by atoms with Crippen molar-refractivity contribution in [2.24, 2.45) is 0 Å². The van der Waals surface area contributed by atoms with Gasteiger partial charge in [0, 0.05) is 5.56 Å². The highest BCUT2D eigenvalue weighted by atomic mass is 16.5. The summed E-state index contributed by atoms with van der Waals surface area (Å²) in [4.78, 5) is 35.3. The van der Waals surface area contributed by atoms with Crippen LogP contribution in [-0.4, -0.2) is 36.6 Å². The van der Waals surface area contributed by atoms with Gasteiger partial charge in [-0.25, -0.2) is 4.79 Å². The zero-order valence-electron chi connectivity index (χ0n) is 12.8. The van der Waals surface area contributed by atoms with E-state index >= 15 is 0 Å². The molecule has 2 amide bonds. The lowest BCUT2D eigenvalue weighted by atomic mass is 10.2. The van der Waals surface area contributed by atoms with E-state index in [0.717, 1.165) is 0 Å². The number of aromatic hydroxyl groups is 1. The third kappa shape index (κ3) is 4.10. The number of methoxy groups -OCH3 is 1. The number of benzene rings is 2. The second-order valence-electron chi connectivity index (χ2n) is 4.68. The smallest absolute Gasteiger partial charge is 0.342 e. The first-order chi connectivity index (χ1) is 11.5. The number of nitrogens with one attached hydrogen (secondary N) is 1. The number of rotatable bonds is 5. The number of phenolic OH excluding ortho intramolecular Hbond substituents is 1. The molecule has 24 heavy (non-hydrogen) atoms. The molecular formula is C17H15NO6. The summed E-state index contributed by atoms with van der Waals surface area (Å²) in [5.74, 6) is -2.56. The van der Waals surface area contributed by atoms with Crippen molar-refractivity contribution in [1.82, 2.24) is 5.32 Å². The van der Waals surface area contributed by atoms with Gasteiger partial charge < -0.3 is 14.6 Å². The third-order valence-corrected chi connectivity index (χ3v) is 3.06. The van der Waals surface area contributed by atoms with E-state index in [0.29, 0.717) is 5.56 Å². The number of carbonyl (C=O) groups excluding carboxylic acids is 3. The molecule has 124 valence electrons. The molecule has 0 fully saturated rings. The minimum Gasteiger partial charge on any atom is -0.504 e. The monoisotopic (exact) mass is 329 g/mol. The SMILES string of the molecule is COc1cccc(C(=O)OCC(=O)NC(=O)c2ccccc2)c1O. The van der Waals surface area contributed by atoms with Crippen molar-refractivity contribution in [3.8, 4) is 11.5 Å². The highest BCUT2D eigenvalue weighted by Gasteiger charge is 2.18. The van der Waals surface area contributed by atoms with Crippen molar-refractivity contribution in [1.29, 1.82) is 0 Å². The molecule has 2 aromatic carbocycles. The fourth-order valence-electron chi connectivity index (χ4n) is 1.89. The number of imide groups is 1. The maximum absolute atomic E-state index is 11.9. The molecule has 0 unspecified atom stereocenters. The summed E-state index contributed by atoms with van der Waals surface area (Å²) in [5.41, 5.74) is 0.166. The third-order valence-electron chi connectivity index (χ3n) is 3.06. The number of hydrogen-bond donors (Lipinski definition) is 2. The normalized spacial score (nSPS) is 9.88. The number of amides is 2. The zero-order valence-corrected chi connectivity index (χ0v) is 12.8. The molecule has 0 saturated carbocycles. The first-order valence-corrected chi connectivity index (χ1v) is 6.95. The molecule has 0 aliphatic rings. The van der Waals surface area contributed by atoms with E-state index in [1.807, 2.05) is 0 Å². The quantitative estimate of drug-likeness (QED) is 0.806. The molecule has 0 heterocycles. The van der Waals surface area contributed by atoms with Gasteiger partial charge in [-0.05, 0) is 24.3 Å². The molecule has 7 heteroatoms. The van der Waals surface area contributed by atoms with Crippen molar-refractivity contribution >= 4 is 17.8 Å². The topological polar surface area (TPSA) is 102 Å². The van der Waals surface area contributed by atoms with Gasteiger partial charge in [0.15, 0.2) is 18.1 Å². The van der Waals surface area contributed by atoms with Crippen molar-refractivity contribution < 1.29 is 29.0 Å². The molecule has 7 nitrogen and oxygen atoms in total. The number of para-hydroxylation sites is 1. The van der Waals surface area contributed by atoms with Crippen molar-refractivity contribution in [2.75, 3.05) is 13.7 Å². The number of hydrogen-bond acceptors (Lipinski definition) is 6. The molecule has 0 bridgehead atoms. The lowest BCUT2D eigenvalue weighted by Crippen LogP contribution is -2.34. The highest BCUT2D eigenvalue weighted by Crippen LogP contribution is 2.29. The zero-order chi connectivity index (χ0) is 17.5. The summed E-state index contributed by atoms with van der Waals surface area (Å²) in [6.07, 6.45) is 0. The molecule has 0 radical (unpaired) electrons. The summed E-state index contributed by atoms with van der Waals surface area (Å²) >= 11 is 0. The molecule has 0 aromatic heterocycles. The number of carbonyl (C=O) groups is 3. The van der Waals surface area contributed by atoms with Crippen LogP contribution in [0.1, 0.15) is 20.7 Å². The standard InChI is InChI=1S/C17H15NO6/c1-23-13-9-5-8-12(15(13)20)17(22)24-10-14(19)18-16(21)11-6-3-2-4-7-11/h2-9,20H,10H2,1H3,(H,18,19,21). The van der Waals surface area contributed by atoms with Gasteiger partial charge in [0.25, 0.3) is 11.8 Å². The molecule has 0 aliphatic heterocycles. The maximum atomic E-state index is 11.9.